The van der Waals surface area contributed by atoms with Crippen molar-refractivity contribution in [1.82, 2.24) is 15.5 Å². The summed E-state index contributed by atoms with van der Waals surface area (Å²) in [5.41, 5.74) is 1.12. The van der Waals surface area contributed by atoms with E-state index in [1.165, 1.54) is 0 Å². The van der Waals surface area contributed by atoms with Gasteiger partial charge < -0.3 is 25.0 Å². The van der Waals surface area contributed by atoms with Gasteiger partial charge in [0.1, 0.15) is 6.61 Å². The minimum atomic E-state index is 0. The average Bonchev–Trinajstić information content (AvgIpc) is 2.68. The van der Waals surface area contributed by atoms with E-state index in [2.05, 4.69) is 54.3 Å². The molecule has 1 aromatic rings. The number of hydrogen-bond acceptors (Lipinski definition) is 4. The van der Waals surface area contributed by atoms with Crippen LogP contribution in [0.4, 0.5) is 0 Å². The first-order valence-corrected chi connectivity index (χ1v) is 10.0. The summed E-state index contributed by atoms with van der Waals surface area (Å²) >= 11 is 0. The Balaban J connectivity index is 0.00000729. The summed E-state index contributed by atoms with van der Waals surface area (Å²) in [7, 11) is 3.47. The lowest BCUT2D eigenvalue weighted by Crippen LogP contribution is -2.37. The highest BCUT2D eigenvalue weighted by atomic mass is 127. The molecule has 0 unspecified atom stereocenters. The zero-order valence-corrected chi connectivity index (χ0v) is 20.7. The lowest BCUT2D eigenvalue weighted by molar-refractivity contribution is 0.217. The molecule has 2 N–H and O–H groups in total. The van der Waals surface area contributed by atoms with Crippen molar-refractivity contribution >= 4 is 29.9 Å². The maximum Gasteiger partial charge on any atom is 0.191 e. The van der Waals surface area contributed by atoms with Gasteiger partial charge in [0.05, 0.1) is 7.11 Å². The topological polar surface area (TPSA) is 58.1 Å². The van der Waals surface area contributed by atoms with Crippen molar-refractivity contribution in [2.45, 2.75) is 40.7 Å². The van der Waals surface area contributed by atoms with Crippen LogP contribution in [0, 0.1) is 5.92 Å². The van der Waals surface area contributed by atoms with Gasteiger partial charge in [-0.25, -0.2) is 0 Å². The molecule has 0 saturated heterocycles. The van der Waals surface area contributed by atoms with Crippen LogP contribution in [0.5, 0.6) is 11.5 Å². The van der Waals surface area contributed by atoms with Gasteiger partial charge in [0, 0.05) is 26.7 Å². The van der Waals surface area contributed by atoms with Crippen LogP contribution in [0.15, 0.2) is 23.2 Å². The van der Waals surface area contributed by atoms with E-state index < -0.39 is 0 Å². The fourth-order valence-corrected chi connectivity index (χ4v) is 2.65. The van der Waals surface area contributed by atoms with E-state index in [4.69, 9.17) is 9.47 Å². The highest BCUT2D eigenvalue weighted by molar-refractivity contribution is 14.0. The molecule has 0 bridgehead atoms. The number of nitrogens with zero attached hydrogens (tertiary/aromatic N) is 2. The molecular weight excluding hydrogens is 467 g/mol. The van der Waals surface area contributed by atoms with Gasteiger partial charge in [0.2, 0.25) is 0 Å². The number of benzene rings is 1. The molecule has 0 saturated carbocycles. The summed E-state index contributed by atoms with van der Waals surface area (Å²) in [5.74, 6) is 3.03. The highest BCUT2D eigenvalue weighted by Crippen LogP contribution is 2.28. The lowest BCUT2D eigenvalue weighted by Gasteiger charge is -2.19. The van der Waals surface area contributed by atoms with Crippen molar-refractivity contribution in [2.75, 3.05) is 46.9 Å². The minimum absolute atomic E-state index is 0. The van der Waals surface area contributed by atoms with E-state index >= 15 is 0 Å². The highest BCUT2D eigenvalue weighted by Gasteiger charge is 2.08. The smallest absolute Gasteiger partial charge is 0.191 e. The fraction of sp³-hybridized carbons (Fsp3) is 0.667. The van der Waals surface area contributed by atoms with Crippen LogP contribution < -0.4 is 20.1 Å². The van der Waals surface area contributed by atoms with Gasteiger partial charge in [0.15, 0.2) is 17.5 Å². The van der Waals surface area contributed by atoms with Gasteiger partial charge in [-0.2, -0.15) is 0 Å². The largest absolute Gasteiger partial charge is 0.493 e. The van der Waals surface area contributed by atoms with Crippen molar-refractivity contribution in [3.05, 3.63) is 23.8 Å². The Bertz CT molecular complexity index is 563. The Labute approximate surface area is 188 Å². The van der Waals surface area contributed by atoms with Crippen molar-refractivity contribution in [3.63, 3.8) is 0 Å². The number of hydrogen-bond donors (Lipinski definition) is 2. The Morgan fingerprint density at radius 1 is 1.14 bits per heavy atom. The van der Waals surface area contributed by atoms with E-state index in [0.29, 0.717) is 19.1 Å². The van der Waals surface area contributed by atoms with Crippen molar-refractivity contribution in [3.8, 4) is 11.5 Å². The van der Waals surface area contributed by atoms with Crippen LogP contribution in [0.3, 0.4) is 0 Å². The molecule has 0 spiro atoms. The molecular formula is C21H39IN4O2. The first-order chi connectivity index (χ1) is 13.0. The van der Waals surface area contributed by atoms with Gasteiger partial charge in [0.25, 0.3) is 0 Å². The molecule has 0 aliphatic heterocycles. The van der Waals surface area contributed by atoms with Crippen molar-refractivity contribution in [1.29, 1.82) is 0 Å². The Morgan fingerprint density at radius 2 is 1.86 bits per heavy atom. The molecule has 28 heavy (non-hydrogen) atoms. The molecule has 0 aromatic heterocycles. The average molecular weight is 506 g/mol. The Morgan fingerprint density at radius 3 is 2.43 bits per heavy atom. The summed E-state index contributed by atoms with van der Waals surface area (Å²) in [6.45, 7) is 14.0. The van der Waals surface area contributed by atoms with E-state index in [-0.39, 0.29) is 24.0 Å². The number of aliphatic imine (C=N–C) groups is 1. The summed E-state index contributed by atoms with van der Waals surface area (Å²) in [4.78, 5) is 6.60. The molecule has 0 fully saturated rings. The quantitative estimate of drug-likeness (QED) is 0.257. The molecule has 0 atom stereocenters. The third-order valence-electron chi connectivity index (χ3n) is 4.49. The first-order valence-electron chi connectivity index (χ1n) is 10.0. The number of halogens is 1. The number of likely N-dealkylation sites (N-methyl/N-ethyl adjacent to an activating group) is 1. The van der Waals surface area contributed by atoms with Gasteiger partial charge in [-0.1, -0.05) is 33.8 Å². The number of guanidine groups is 1. The third kappa shape index (κ3) is 10.4. The third-order valence-corrected chi connectivity index (χ3v) is 4.49. The van der Waals surface area contributed by atoms with Gasteiger partial charge in [-0.05, 0) is 43.1 Å². The predicted molar refractivity (Wildman–Crippen MR) is 129 cm³/mol. The molecule has 0 amide bonds. The zero-order valence-electron chi connectivity index (χ0n) is 18.4. The molecule has 6 nitrogen and oxygen atoms in total. The Hall–Kier alpha value is -1.22. The SMILES string of the molecule is CCN(CC)CCOc1ccc(CNC(=NC)NCCC(C)C)cc1OC.I. The van der Waals surface area contributed by atoms with Crippen LogP contribution in [0.1, 0.15) is 39.7 Å². The molecule has 0 radical (unpaired) electrons. The van der Waals surface area contributed by atoms with Crippen LogP contribution >= 0.6 is 24.0 Å². The van der Waals surface area contributed by atoms with Crippen LogP contribution in [0.2, 0.25) is 0 Å². The summed E-state index contributed by atoms with van der Waals surface area (Å²) < 4.78 is 11.4. The fourth-order valence-electron chi connectivity index (χ4n) is 2.65. The normalized spacial score (nSPS) is 11.4. The zero-order chi connectivity index (χ0) is 20.1. The van der Waals surface area contributed by atoms with Crippen molar-refractivity contribution in [2.24, 2.45) is 10.9 Å². The second-order valence-electron chi connectivity index (χ2n) is 6.90. The summed E-state index contributed by atoms with van der Waals surface area (Å²) in [6.07, 6.45) is 1.12. The molecule has 7 heteroatoms. The van der Waals surface area contributed by atoms with E-state index in [0.717, 1.165) is 55.6 Å². The van der Waals surface area contributed by atoms with Gasteiger partial charge in [-0.3, -0.25) is 4.99 Å². The molecule has 1 aromatic carbocycles. The minimum Gasteiger partial charge on any atom is -0.493 e. The van der Waals surface area contributed by atoms with Crippen molar-refractivity contribution < 1.29 is 9.47 Å². The first kappa shape index (κ1) is 26.8. The summed E-state index contributed by atoms with van der Waals surface area (Å²) in [6, 6.07) is 6.05. The number of rotatable bonds is 12. The predicted octanol–water partition coefficient (Wildman–Crippen LogP) is 3.74. The second kappa shape index (κ2) is 15.7. The van der Waals surface area contributed by atoms with Gasteiger partial charge in [-0.15, -0.1) is 24.0 Å². The maximum absolute atomic E-state index is 5.92. The van der Waals surface area contributed by atoms with Crippen LogP contribution in [0.25, 0.3) is 0 Å². The van der Waals surface area contributed by atoms with Gasteiger partial charge >= 0.3 is 0 Å². The maximum atomic E-state index is 5.92. The lowest BCUT2D eigenvalue weighted by atomic mass is 10.1. The van der Waals surface area contributed by atoms with Crippen LogP contribution in [-0.2, 0) is 6.54 Å². The number of nitrogens with one attached hydrogen (secondary N) is 2. The van der Waals surface area contributed by atoms with Crippen LogP contribution in [-0.4, -0.2) is 57.8 Å². The molecule has 0 aliphatic rings. The number of ether oxygens (including phenoxy) is 2. The molecule has 1 rings (SSSR count). The van der Waals surface area contributed by atoms with E-state index in [1.807, 2.05) is 12.1 Å². The van der Waals surface area contributed by atoms with E-state index in [9.17, 15) is 0 Å². The Kier molecular flexibility index (Phi) is 15.0. The second-order valence-corrected chi connectivity index (χ2v) is 6.90. The standard InChI is InChI=1S/C21H38N4O2.HI/c1-7-25(8-2)13-14-27-19-10-9-18(15-20(19)26-6)16-24-21(22-5)23-12-11-17(3)4;/h9-10,15,17H,7-8,11-14,16H2,1-6H3,(H2,22,23,24);1H. The van der Waals surface area contributed by atoms with E-state index in [1.54, 1.807) is 14.2 Å². The number of methoxy groups -OCH3 is 1. The molecule has 162 valence electrons. The molecule has 0 heterocycles. The monoisotopic (exact) mass is 506 g/mol. The molecule has 0 aliphatic carbocycles. The summed E-state index contributed by atoms with van der Waals surface area (Å²) in [5, 5.41) is 6.68.